The van der Waals surface area contributed by atoms with E-state index in [4.69, 9.17) is 9.47 Å². The topological polar surface area (TPSA) is 98.6 Å². The van der Waals surface area contributed by atoms with Gasteiger partial charge in [0.15, 0.2) is 10.9 Å². The first kappa shape index (κ1) is 21.8. The summed E-state index contributed by atoms with van der Waals surface area (Å²) in [5.74, 6) is 0.677. The monoisotopic (exact) mass is 445 g/mol. The van der Waals surface area contributed by atoms with Crippen LogP contribution in [0, 0.1) is 0 Å². The molecule has 10 heteroatoms. The number of hydrogen-bond donors (Lipinski definition) is 1. The van der Waals surface area contributed by atoms with Gasteiger partial charge >= 0.3 is 0 Å². The van der Waals surface area contributed by atoms with E-state index in [0.717, 1.165) is 38.5 Å². The van der Waals surface area contributed by atoms with Gasteiger partial charge in [-0.3, -0.25) is 14.2 Å². The van der Waals surface area contributed by atoms with Crippen LogP contribution in [0.25, 0.3) is 0 Å². The molecule has 1 unspecified atom stereocenters. The molecular formula is C21H27N5O4S. The van der Waals surface area contributed by atoms with Gasteiger partial charge in [0, 0.05) is 25.3 Å². The molecule has 2 fully saturated rings. The number of aromatic nitrogens is 3. The highest BCUT2D eigenvalue weighted by Crippen LogP contribution is 2.26. The lowest BCUT2D eigenvalue weighted by molar-refractivity contribution is -0.113. The van der Waals surface area contributed by atoms with Gasteiger partial charge in [-0.1, -0.05) is 23.9 Å². The Balaban J connectivity index is 1.45. The number of carbonyl (C=O) groups is 2. The predicted molar refractivity (Wildman–Crippen MR) is 118 cm³/mol. The van der Waals surface area contributed by atoms with Crippen LogP contribution in [0.15, 0.2) is 29.4 Å². The Kier molecular flexibility index (Phi) is 7.21. The first-order valence-corrected chi connectivity index (χ1v) is 11.5. The molecule has 1 atom stereocenters. The number of morpholine rings is 1. The number of para-hydroxylation sites is 1. The van der Waals surface area contributed by atoms with Crippen molar-refractivity contribution in [2.24, 2.45) is 0 Å². The molecule has 31 heavy (non-hydrogen) atoms. The molecule has 1 N–H and O–H groups in total. The standard InChI is InChI=1S/C21H27N5O4S/c1-15(27)17-6-2-3-7-18(17)22-19(28)14-31-21-24-23-20(25-8-11-29-12-9-25)26(21)13-16-5-4-10-30-16/h2-3,6-7,16H,4-5,8-14H2,1H3,(H,22,28). The van der Waals surface area contributed by atoms with Crippen LogP contribution in [-0.2, 0) is 20.8 Å². The van der Waals surface area contributed by atoms with E-state index in [1.54, 1.807) is 24.3 Å². The third kappa shape index (κ3) is 5.44. The van der Waals surface area contributed by atoms with Gasteiger partial charge in [-0.2, -0.15) is 0 Å². The number of nitrogens with one attached hydrogen (secondary N) is 1. The molecule has 2 saturated heterocycles. The van der Waals surface area contributed by atoms with Gasteiger partial charge in [0.25, 0.3) is 0 Å². The number of ether oxygens (including phenoxy) is 2. The fourth-order valence-electron chi connectivity index (χ4n) is 3.75. The van der Waals surface area contributed by atoms with Crippen molar-refractivity contribution < 1.29 is 19.1 Å². The van der Waals surface area contributed by atoms with Crippen molar-refractivity contribution in [2.45, 2.75) is 37.6 Å². The highest BCUT2D eigenvalue weighted by atomic mass is 32.2. The van der Waals surface area contributed by atoms with Crippen LogP contribution in [0.1, 0.15) is 30.1 Å². The van der Waals surface area contributed by atoms with Gasteiger partial charge < -0.3 is 19.7 Å². The number of rotatable bonds is 8. The summed E-state index contributed by atoms with van der Waals surface area (Å²) < 4.78 is 13.3. The second kappa shape index (κ2) is 10.3. The fourth-order valence-corrected chi connectivity index (χ4v) is 4.50. The number of amides is 1. The lowest BCUT2D eigenvalue weighted by Gasteiger charge is -2.28. The minimum absolute atomic E-state index is 0.0880. The second-order valence-electron chi connectivity index (χ2n) is 7.57. The first-order valence-electron chi connectivity index (χ1n) is 10.5. The SMILES string of the molecule is CC(=O)c1ccccc1NC(=O)CSc1nnc(N2CCOCC2)n1CC1CCCO1. The van der Waals surface area contributed by atoms with Crippen molar-refractivity contribution >= 4 is 35.1 Å². The third-order valence-corrected chi connectivity index (χ3v) is 6.28. The first-order chi connectivity index (χ1) is 15.1. The molecule has 1 aromatic carbocycles. The molecular weight excluding hydrogens is 418 g/mol. The van der Waals surface area contributed by atoms with Crippen LogP contribution in [0.2, 0.25) is 0 Å². The summed E-state index contributed by atoms with van der Waals surface area (Å²) in [4.78, 5) is 26.5. The molecule has 4 rings (SSSR count). The molecule has 3 heterocycles. The molecule has 2 aliphatic rings. The van der Waals surface area contributed by atoms with Crippen molar-refractivity contribution in [3.63, 3.8) is 0 Å². The van der Waals surface area contributed by atoms with Gasteiger partial charge in [0.2, 0.25) is 11.9 Å². The molecule has 2 aromatic rings. The number of ketones is 1. The lowest BCUT2D eigenvalue weighted by Crippen LogP contribution is -2.38. The Morgan fingerprint density at radius 1 is 1.19 bits per heavy atom. The maximum atomic E-state index is 12.6. The molecule has 2 aliphatic heterocycles. The second-order valence-corrected chi connectivity index (χ2v) is 8.51. The van der Waals surface area contributed by atoms with E-state index in [1.165, 1.54) is 18.7 Å². The molecule has 0 radical (unpaired) electrons. The van der Waals surface area contributed by atoms with Crippen molar-refractivity contribution in [3.05, 3.63) is 29.8 Å². The Morgan fingerprint density at radius 3 is 2.74 bits per heavy atom. The molecule has 0 aliphatic carbocycles. The highest BCUT2D eigenvalue weighted by molar-refractivity contribution is 7.99. The summed E-state index contributed by atoms with van der Waals surface area (Å²) in [6.07, 6.45) is 2.19. The zero-order chi connectivity index (χ0) is 21.6. The van der Waals surface area contributed by atoms with Crippen molar-refractivity contribution in [2.75, 3.05) is 48.9 Å². The largest absolute Gasteiger partial charge is 0.378 e. The Hall–Kier alpha value is -2.43. The lowest BCUT2D eigenvalue weighted by atomic mass is 10.1. The number of carbonyl (C=O) groups excluding carboxylic acids is 2. The summed E-state index contributed by atoms with van der Waals surface area (Å²) in [7, 11) is 0. The van der Waals surface area contributed by atoms with Gasteiger partial charge in [-0.25, -0.2) is 0 Å². The zero-order valence-electron chi connectivity index (χ0n) is 17.6. The molecule has 1 aromatic heterocycles. The van der Waals surface area contributed by atoms with E-state index < -0.39 is 0 Å². The maximum absolute atomic E-state index is 12.6. The van der Waals surface area contributed by atoms with Crippen molar-refractivity contribution in [1.82, 2.24) is 14.8 Å². The third-order valence-electron chi connectivity index (χ3n) is 5.31. The summed E-state index contributed by atoms with van der Waals surface area (Å²) in [5, 5.41) is 12.3. The van der Waals surface area contributed by atoms with E-state index in [0.29, 0.717) is 36.2 Å². The van der Waals surface area contributed by atoms with Gasteiger partial charge in [0.05, 0.1) is 37.3 Å². The van der Waals surface area contributed by atoms with Gasteiger partial charge in [-0.15, -0.1) is 10.2 Å². The van der Waals surface area contributed by atoms with Gasteiger partial charge in [-0.05, 0) is 31.9 Å². The number of anilines is 2. The highest BCUT2D eigenvalue weighted by Gasteiger charge is 2.25. The maximum Gasteiger partial charge on any atom is 0.234 e. The quantitative estimate of drug-likeness (QED) is 0.488. The number of Topliss-reactive ketones (excluding diaryl/α,β-unsaturated/α-hetero) is 1. The van der Waals surface area contributed by atoms with Crippen LogP contribution < -0.4 is 10.2 Å². The molecule has 166 valence electrons. The average molecular weight is 446 g/mol. The average Bonchev–Trinajstić information content (AvgIpc) is 3.43. The van der Waals surface area contributed by atoms with Gasteiger partial charge in [0.1, 0.15) is 0 Å². The Bertz CT molecular complexity index is 922. The van der Waals surface area contributed by atoms with Crippen molar-refractivity contribution in [3.8, 4) is 0 Å². The number of thioether (sulfide) groups is 1. The number of hydrogen-bond acceptors (Lipinski definition) is 8. The summed E-state index contributed by atoms with van der Waals surface area (Å²) >= 11 is 1.34. The Morgan fingerprint density at radius 2 is 2.00 bits per heavy atom. The summed E-state index contributed by atoms with van der Waals surface area (Å²) in [5.41, 5.74) is 1.02. The molecule has 1 amide bonds. The molecule has 0 bridgehead atoms. The van der Waals surface area contributed by atoms with Crippen LogP contribution in [0.5, 0.6) is 0 Å². The van der Waals surface area contributed by atoms with E-state index in [2.05, 4.69) is 25.0 Å². The smallest absolute Gasteiger partial charge is 0.234 e. The van der Waals surface area contributed by atoms with E-state index in [9.17, 15) is 9.59 Å². The van der Waals surface area contributed by atoms with Crippen molar-refractivity contribution in [1.29, 1.82) is 0 Å². The molecule has 0 saturated carbocycles. The predicted octanol–water partition coefficient (Wildman–Crippen LogP) is 2.23. The van der Waals surface area contributed by atoms with E-state index in [-0.39, 0.29) is 23.5 Å². The number of benzene rings is 1. The normalized spacial score (nSPS) is 18.9. The van der Waals surface area contributed by atoms with E-state index >= 15 is 0 Å². The van der Waals surface area contributed by atoms with Crippen LogP contribution in [0.3, 0.4) is 0 Å². The van der Waals surface area contributed by atoms with Crippen LogP contribution in [-0.4, -0.2) is 71.2 Å². The number of nitrogens with zero attached hydrogens (tertiary/aromatic N) is 4. The summed E-state index contributed by atoms with van der Waals surface area (Å²) in [6, 6.07) is 7.01. The van der Waals surface area contributed by atoms with E-state index in [1.807, 2.05) is 0 Å². The molecule has 9 nitrogen and oxygen atoms in total. The zero-order valence-corrected chi connectivity index (χ0v) is 18.4. The minimum Gasteiger partial charge on any atom is -0.378 e. The van der Waals surface area contributed by atoms with Crippen LogP contribution in [0.4, 0.5) is 11.6 Å². The molecule has 0 spiro atoms. The fraction of sp³-hybridized carbons (Fsp3) is 0.524. The minimum atomic E-state index is -0.196. The summed E-state index contributed by atoms with van der Waals surface area (Å²) in [6.45, 7) is 5.77. The Labute approximate surface area is 185 Å². The van der Waals surface area contributed by atoms with Crippen LogP contribution >= 0.6 is 11.8 Å².